The van der Waals surface area contributed by atoms with Crippen molar-refractivity contribution in [1.29, 1.82) is 5.26 Å². The predicted octanol–water partition coefficient (Wildman–Crippen LogP) is 5.42. The number of hydrogen-bond donors (Lipinski definition) is 2. The summed E-state index contributed by atoms with van der Waals surface area (Å²) in [6.07, 6.45) is 4.45. The molecule has 16 nitrogen and oxygen atoms in total. The number of benzene rings is 1. The number of aromatic carboxylic acids is 1. The Hall–Kier alpha value is -6.54. The molecule has 2 aliphatic rings. The van der Waals surface area contributed by atoms with Crippen LogP contribution in [0.1, 0.15) is 54.6 Å². The number of fused-ring (bicyclic) bond motifs is 5. The van der Waals surface area contributed by atoms with Gasteiger partial charge in [-0.05, 0) is 40.2 Å². The van der Waals surface area contributed by atoms with E-state index < -0.39 is 40.3 Å². The second kappa shape index (κ2) is 13.0. The van der Waals surface area contributed by atoms with Crippen molar-refractivity contribution in [2.75, 3.05) is 43.5 Å². The lowest BCUT2D eigenvalue weighted by Gasteiger charge is -2.33. The molecule has 5 aromatic heterocycles. The number of carbonyl (C=O) groups excluding carboxylic acids is 1. The van der Waals surface area contributed by atoms with E-state index in [1.54, 1.807) is 53.2 Å². The highest BCUT2D eigenvalue weighted by Crippen LogP contribution is 2.48. The number of hydrogen-bond acceptors (Lipinski definition) is 11. The van der Waals surface area contributed by atoms with Gasteiger partial charge in [-0.1, -0.05) is 0 Å². The summed E-state index contributed by atoms with van der Waals surface area (Å²) in [6.45, 7) is 9.21. The molecule has 3 atom stereocenters. The van der Waals surface area contributed by atoms with Crippen LogP contribution in [-0.4, -0.2) is 86.5 Å². The summed E-state index contributed by atoms with van der Waals surface area (Å²) in [5.41, 5.74) is 0.311. The van der Waals surface area contributed by atoms with E-state index in [-0.39, 0.29) is 45.1 Å². The maximum Gasteiger partial charge on any atom is 0.519 e. The number of aryl methyl sites for hydroxylation is 2. The number of aromatic amines is 1. The second-order valence-electron chi connectivity index (χ2n) is 16.3. The third kappa shape index (κ3) is 6.16. The summed E-state index contributed by atoms with van der Waals surface area (Å²) in [5, 5.41) is 21.0. The summed E-state index contributed by atoms with van der Waals surface area (Å²) in [4.78, 5) is 66.9. The zero-order valence-electron chi connectivity index (χ0n) is 32.4. The number of nitrogens with zero attached hydrogens (tertiary/aromatic N) is 7. The number of quaternary nitrogens is 1. The Bertz CT molecular complexity index is 2860. The number of H-pyrrole nitrogens is 1. The predicted molar refractivity (Wildman–Crippen MR) is 207 cm³/mol. The van der Waals surface area contributed by atoms with E-state index in [4.69, 9.17) is 18.6 Å². The Morgan fingerprint density at radius 2 is 1.93 bits per heavy atom. The van der Waals surface area contributed by atoms with Crippen molar-refractivity contribution in [2.45, 2.75) is 52.3 Å². The molecular weight excluding hydrogens is 739 g/mol. The number of aromatic nitrogens is 4. The number of carbonyl (C=O) groups is 2. The third-order valence-electron chi connectivity index (χ3n) is 11.1. The molecule has 2 aliphatic heterocycles. The van der Waals surface area contributed by atoms with Crippen LogP contribution in [0.5, 0.6) is 0 Å². The molecule has 0 saturated carbocycles. The highest BCUT2D eigenvalue weighted by atomic mass is 19.1. The summed E-state index contributed by atoms with van der Waals surface area (Å²) >= 11 is 0. The molecule has 0 radical (unpaired) electrons. The lowest BCUT2D eigenvalue weighted by molar-refractivity contribution is -0.913. The van der Waals surface area contributed by atoms with Gasteiger partial charge in [0.25, 0.3) is 0 Å². The fraction of sp³-hybridized carbons (Fsp3) is 0.375. The highest BCUT2D eigenvalue weighted by Gasteiger charge is 2.50. The van der Waals surface area contributed by atoms with Crippen molar-refractivity contribution in [3.8, 4) is 17.2 Å². The second-order valence-corrected chi connectivity index (χ2v) is 16.3. The average Bonchev–Trinajstić information content (AvgIpc) is 3.88. The van der Waals surface area contributed by atoms with Gasteiger partial charge in [-0.15, -0.1) is 0 Å². The zero-order valence-corrected chi connectivity index (χ0v) is 32.4. The summed E-state index contributed by atoms with van der Waals surface area (Å²) in [6, 6.07) is 4.65. The van der Waals surface area contributed by atoms with Crippen LogP contribution in [0, 0.1) is 30.0 Å². The fourth-order valence-electron chi connectivity index (χ4n) is 8.68. The van der Waals surface area contributed by atoms with Crippen molar-refractivity contribution < 1.29 is 37.1 Å². The van der Waals surface area contributed by atoms with Gasteiger partial charge in [-0.2, -0.15) is 5.26 Å². The van der Waals surface area contributed by atoms with Crippen LogP contribution < -0.4 is 21.1 Å². The summed E-state index contributed by atoms with van der Waals surface area (Å²) in [5.74, 6) is -1.92. The lowest BCUT2D eigenvalue weighted by atomic mass is 9.98. The Balaban J connectivity index is 1.38. The third-order valence-corrected chi connectivity index (χ3v) is 11.1. The van der Waals surface area contributed by atoms with E-state index in [1.807, 2.05) is 6.07 Å². The number of carboxylic acid groups (broad SMARTS) is 1. The van der Waals surface area contributed by atoms with Gasteiger partial charge in [-0.3, -0.25) is 9.69 Å². The van der Waals surface area contributed by atoms with Crippen LogP contribution >= 0.6 is 0 Å². The van der Waals surface area contributed by atoms with Crippen molar-refractivity contribution in [3.05, 3.63) is 80.0 Å². The van der Waals surface area contributed by atoms with Crippen LogP contribution in [0.3, 0.4) is 0 Å². The molecule has 2 saturated heterocycles. The van der Waals surface area contributed by atoms with Gasteiger partial charge in [0.05, 0.1) is 59.4 Å². The molecule has 8 rings (SSSR count). The fourth-order valence-corrected chi connectivity index (χ4v) is 8.68. The number of nitriles is 1. The Morgan fingerprint density at radius 3 is 2.60 bits per heavy atom. The molecule has 1 amide bonds. The van der Waals surface area contributed by atoms with E-state index in [0.29, 0.717) is 63.5 Å². The SMILES string of the molecule is Cc1oc(=O)oc1C[N+]1(C)C[C@@H]2CCN(c3c(-c4cnc5c(c4)c(=O)c(C(=O)O)cn5C)cnc4[nH]c5c(N(C)C(=O)OC(C)(C)C)cc(F)c(C#N)c5c34)[C@@H]2C1. The minimum atomic E-state index is -1.38. The molecule has 7 heterocycles. The monoisotopic (exact) mass is 779 g/mol. The topological polar surface area (TPSA) is 201 Å². The van der Waals surface area contributed by atoms with E-state index in [1.165, 1.54) is 22.7 Å². The molecule has 294 valence electrons. The molecule has 6 aromatic rings. The van der Waals surface area contributed by atoms with E-state index in [0.717, 1.165) is 19.0 Å². The number of anilines is 2. The van der Waals surface area contributed by atoms with Gasteiger partial charge in [0.15, 0.2) is 5.76 Å². The van der Waals surface area contributed by atoms with Crippen LogP contribution in [0.15, 0.2) is 49.1 Å². The Kier molecular flexibility index (Phi) is 8.54. The summed E-state index contributed by atoms with van der Waals surface area (Å²) < 4.78 is 34.4. The number of halogens is 1. The van der Waals surface area contributed by atoms with Crippen molar-refractivity contribution in [3.63, 3.8) is 0 Å². The van der Waals surface area contributed by atoms with E-state index in [2.05, 4.69) is 21.9 Å². The summed E-state index contributed by atoms with van der Waals surface area (Å²) in [7, 11) is 5.15. The molecule has 2 N–H and O–H groups in total. The first kappa shape index (κ1) is 37.4. The van der Waals surface area contributed by atoms with Gasteiger partial charge < -0.3 is 37.6 Å². The van der Waals surface area contributed by atoms with Crippen LogP contribution in [0.4, 0.5) is 20.6 Å². The molecule has 1 unspecified atom stereocenters. The van der Waals surface area contributed by atoms with Gasteiger partial charge in [0.2, 0.25) is 11.2 Å². The van der Waals surface area contributed by atoms with Crippen molar-refractivity contribution in [1.82, 2.24) is 19.5 Å². The van der Waals surface area contributed by atoms with Gasteiger partial charge >= 0.3 is 17.9 Å². The van der Waals surface area contributed by atoms with E-state index >= 15 is 4.39 Å². The van der Waals surface area contributed by atoms with Gasteiger partial charge in [-0.25, -0.2) is 28.7 Å². The molecule has 0 aliphatic carbocycles. The molecule has 57 heavy (non-hydrogen) atoms. The lowest BCUT2D eigenvalue weighted by Crippen LogP contribution is -2.45. The first-order valence-corrected chi connectivity index (χ1v) is 18.3. The van der Waals surface area contributed by atoms with Crippen LogP contribution in [0.2, 0.25) is 0 Å². The Morgan fingerprint density at radius 1 is 1.18 bits per heavy atom. The molecule has 2 fully saturated rings. The van der Waals surface area contributed by atoms with Crippen molar-refractivity contribution in [2.24, 2.45) is 13.0 Å². The molecule has 17 heteroatoms. The smallest absolute Gasteiger partial charge is 0.477 e. The van der Waals surface area contributed by atoms with Gasteiger partial charge in [0, 0.05) is 67.7 Å². The first-order valence-electron chi connectivity index (χ1n) is 18.3. The first-order chi connectivity index (χ1) is 26.9. The zero-order chi connectivity index (χ0) is 40.9. The standard InChI is InChI=1S/C40H39FN8O8/c1-19-29(56-39(54)55-19)18-49(7)16-20-8-9-48(28(20)17-49)33-24(21-10-22-34(50)25(37(51)52)15-46(5)36(22)44-13-21)14-43-35-31(33)30-23(12-42)26(41)11-27(32(30)45-35)47(6)38(53)57-40(2,3)4/h10-11,13-15,20,28H,8-9,16-18H2,1-7H3,(H-,43,45,51,52)/p+1/t20-,28+,49?/m0/s1. The van der Waals surface area contributed by atoms with E-state index in [9.17, 15) is 29.5 Å². The maximum absolute atomic E-state index is 16.2. The molecule has 1 aromatic carbocycles. The number of nitrogens with one attached hydrogen (secondary N) is 1. The number of likely N-dealkylation sites (tertiary alicyclic amines) is 1. The average molecular weight is 780 g/mol. The van der Waals surface area contributed by atoms with Crippen LogP contribution in [0.25, 0.3) is 44.1 Å². The quantitative estimate of drug-likeness (QED) is 0.204. The van der Waals surface area contributed by atoms with Gasteiger partial charge in [0.1, 0.15) is 40.9 Å². The minimum Gasteiger partial charge on any atom is -0.477 e. The molecule has 0 spiro atoms. The number of amides is 1. The number of ether oxygens (including phenoxy) is 1. The molecule has 0 bridgehead atoms. The van der Waals surface area contributed by atoms with Crippen molar-refractivity contribution >= 4 is 56.4 Å². The molecular formula is C40H40FN8O8+. The largest absolute Gasteiger partial charge is 0.519 e. The highest BCUT2D eigenvalue weighted by molar-refractivity contribution is 6.21. The maximum atomic E-state index is 16.2. The normalized spacial score (nSPS) is 19.4. The number of pyridine rings is 3. The number of rotatable bonds is 6. The minimum absolute atomic E-state index is 0.0753. The number of carboxylic acids is 1. The van der Waals surface area contributed by atoms with Crippen LogP contribution in [-0.2, 0) is 18.3 Å². The number of likely N-dealkylation sites (N-methyl/N-ethyl adjacent to an activating group) is 1. The Labute approximate surface area is 323 Å².